The molecule has 0 saturated carbocycles. The van der Waals surface area contributed by atoms with Crippen LogP contribution in [0.3, 0.4) is 0 Å². The molecule has 9 nitrogen and oxygen atoms in total. The zero-order chi connectivity index (χ0) is 30.5. The summed E-state index contributed by atoms with van der Waals surface area (Å²) in [5.74, 6) is -1.19. The molecule has 4 unspecified atom stereocenters. The predicted molar refractivity (Wildman–Crippen MR) is 156 cm³/mol. The van der Waals surface area contributed by atoms with E-state index in [0.29, 0.717) is 34.6 Å². The molecule has 2 amide bonds. The van der Waals surface area contributed by atoms with Crippen LogP contribution in [-0.4, -0.2) is 77.1 Å². The van der Waals surface area contributed by atoms with Crippen LogP contribution in [0.2, 0.25) is 0 Å². The number of amides is 2. The van der Waals surface area contributed by atoms with Crippen LogP contribution in [0.4, 0.5) is 4.39 Å². The summed E-state index contributed by atoms with van der Waals surface area (Å²) in [7, 11) is 1.46. The third-order valence-corrected chi connectivity index (χ3v) is 7.90. The van der Waals surface area contributed by atoms with Gasteiger partial charge in [0.1, 0.15) is 18.0 Å². The fourth-order valence-corrected chi connectivity index (χ4v) is 5.87. The van der Waals surface area contributed by atoms with Gasteiger partial charge in [0.2, 0.25) is 11.8 Å². The zero-order valence-corrected chi connectivity index (χ0v) is 23.8. The first-order valence-corrected chi connectivity index (χ1v) is 14.2. The summed E-state index contributed by atoms with van der Waals surface area (Å²) in [5.41, 5.74) is 2.82. The molecule has 0 aromatic heterocycles. The summed E-state index contributed by atoms with van der Waals surface area (Å²) in [4.78, 5) is 28.9. The van der Waals surface area contributed by atoms with Crippen LogP contribution < -0.4 is 14.8 Å². The van der Waals surface area contributed by atoms with Crippen molar-refractivity contribution in [3.8, 4) is 11.5 Å². The van der Waals surface area contributed by atoms with Crippen LogP contribution in [0.1, 0.15) is 28.2 Å². The first kappa shape index (κ1) is 30.2. The number of methoxy groups -OCH3 is 1. The highest BCUT2D eigenvalue weighted by molar-refractivity contribution is 5.96. The topological polar surface area (TPSA) is 129 Å². The SMILES string of the molecule is COc1cc(CO)cc2c1OC1C2C(C(=O)NCCO)=CC(N(CCc2cccc(F)c2)C(=O)Cc2ccccc2)C1O. The average molecular weight is 591 g/mol. The lowest BCUT2D eigenvalue weighted by Gasteiger charge is -2.41. The van der Waals surface area contributed by atoms with Gasteiger partial charge in [-0.25, -0.2) is 4.39 Å². The van der Waals surface area contributed by atoms with Gasteiger partial charge in [0, 0.05) is 24.2 Å². The van der Waals surface area contributed by atoms with Crippen LogP contribution >= 0.6 is 0 Å². The Hall–Kier alpha value is -4.25. The average Bonchev–Trinajstić information content (AvgIpc) is 3.41. The number of aliphatic hydroxyl groups excluding tert-OH is 3. The molecule has 0 bridgehead atoms. The van der Waals surface area contributed by atoms with E-state index < -0.39 is 35.9 Å². The molecule has 3 aromatic rings. The van der Waals surface area contributed by atoms with Gasteiger partial charge in [-0.05, 0) is 53.5 Å². The Morgan fingerprint density at radius 1 is 1.02 bits per heavy atom. The van der Waals surface area contributed by atoms with Gasteiger partial charge in [0.05, 0.1) is 38.7 Å². The molecule has 4 atom stereocenters. The highest BCUT2D eigenvalue weighted by Crippen LogP contribution is 2.51. The second-order valence-corrected chi connectivity index (χ2v) is 10.6. The first-order chi connectivity index (χ1) is 20.8. The monoisotopic (exact) mass is 590 g/mol. The minimum absolute atomic E-state index is 0.00468. The molecule has 2 aliphatic rings. The summed E-state index contributed by atoms with van der Waals surface area (Å²) in [6.45, 7) is -0.403. The molecule has 1 heterocycles. The molecular formula is C33H35FN2O7. The van der Waals surface area contributed by atoms with E-state index in [9.17, 15) is 29.3 Å². The van der Waals surface area contributed by atoms with E-state index in [2.05, 4.69) is 5.32 Å². The third kappa shape index (κ3) is 6.41. The molecule has 3 aromatic carbocycles. The van der Waals surface area contributed by atoms with Crippen molar-refractivity contribution in [3.63, 3.8) is 0 Å². The largest absolute Gasteiger partial charge is 0.493 e. The van der Waals surface area contributed by atoms with Crippen molar-refractivity contribution < 1.29 is 38.8 Å². The molecule has 1 aliphatic heterocycles. The number of nitrogens with zero attached hydrogens (tertiary/aromatic N) is 1. The smallest absolute Gasteiger partial charge is 0.247 e. The Morgan fingerprint density at radius 3 is 2.49 bits per heavy atom. The maximum atomic E-state index is 14.0. The molecule has 0 spiro atoms. The van der Waals surface area contributed by atoms with Gasteiger partial charge >= 0.3 is 0 Å². The van der Waals surface area contributed by atoms with Gasteiger partial charge in [-0.2, -0.15) is 0 Å². The van der Waals surface area contributed by atoms with E-state index >= 15 is 0 Å². The van der Waals surface area contributed by atoms with Crippen molar-refractivity contribution in [2.45, 2.75) is 43.6 Å². The number of rotatable bonds is 11. The number of halogens is 1. The quantitative estimate of drug-likeness (QED) is 0.270. The molecule has 5 rings (SSSR count). The molecule has 4 N–H and O–H groups in total. The van der Waals surface area contributed by atoms with Gasteiger partial charge < -0.3 is 35.0 Å². The van der Waals surface area contributed by atoms with Crippen molar-refractivity contribution in [2.75, 3.05) is 26.8 Å². The number of carbonyl (C=O) groups excluding carboxylic acids is 2. The van der Waals surface area contributed by atoms with Crippen LogP contribution in [0, 0.1) is 5.82 Å². The van der Waals surface area contributed by atoms with E-state index in [-0.39, 0.29) is 44.2 Å². The lowest BCUT2D eigenvalue weighted by molar-refractivity contribution is -0.136. The van der Waals surface area contributed by atoms with E-state index in [1.54, 1.807) is 30.3 Å². The van der Waals surface area contributed by atoms with Crippen molar-refractivity contribution in [1.29, 1.82) is 0 Å². The first-order valence-electron chi connectivity index (χ1n) is 14.2. The molecular weight excluding hydrogens is 555 g/mol. The fourth-order valence-electron chi connectivity index (χ4n) is 5.87. The number of ether oxygens (including phenoxy) is 2. The minimum atomic E-state index is -1.25. The number of aliphatic hydroxyl groups is 3. The summed E-state index contributed by atoms with van der Waals surface area (Å²) >= 11 is 0. The molecule has 1 aliphatic carbocycles. The number of fused-ring (bicyclic) bond motifs is 3. The van der Waals surface area contributed by atoms with E-state index in [4.69, 9.17) is 9.47 Å². The maximum absolute atomic E-state index is 14.0. The van der Waals surface area contributed by atoms with Gasteiger partial charge in [-0.1, -0.05) is 42.5 Å². The second-order valence-electron chi connectivity index (χ2n) is 10.6. The number of carbonyl (C=O) groups is 2. The maximum Gasteiger partial charge on any atom is 0.247 e. The Labute approximate surface area is 249 Å². The Morgan fingerprint density at radius 2 is 1.79 bits per heavy atom. The van der Waals surface area contributed by atoms with Crippen LogP contribution in [0.15, 0.2) is 78.4 Å². The molecule has 10 heteroatoms. The van der Waals surface area contributed by atoms with E-state index in [0.717, 1.165) is 5.56 Å². The van der Waals surface area contributed by atoms with Crippen molar-refractivity contribution in [1.82, 2.24) is 10.2 Å². The lowest BCUT2D eigenvalue weighted by Crippen LogP contribution is -2.56. The van der Waals surface area contributed by atoms with E-state index in [1.807, 2.05) is 30.3 Å². The second kappa shape index (κ2) is 13.4. The summed E-state index contributed by atoms with van der Waals surface area (Å²) in [5, 5.41) is 33.7. The van der Waals surface area contributed by atoms with Gasteiger partial charge in [0.25, 0.3) is 0 Å². The van der Waals surface area contributed by atoms with Gasteiger partial charge in [-0.15, -0.1) is 0 Å². The standard InChI is InChI=1S/C33H35FN2O7/c1-42-27-16-22(19-38)15-24-29-25(33(41)35-11-13-37)18-26(30(40)32(29)43-31(24)27)36(12-10-21-8-5-9-23(34)14-21)28(39)17-20-6-3-2-4-7-20/h2-9,14-16,18,26,29-30,32,37-38,40H,10-13,17,19H2,1H3,(H,35,41). The van der Waals surface area contributed by atoms with Crippen LogP contribution in [0.25, 0.3) is 0 Å². The predicted octanol–water partition coefficient (Wildman–Crippen LogP) is 2.26. The van der Waals surface area contributed by atoms with Gasteiger partial charge in [-0.3, -0.25) is 9.59 Å². The number of benzene rings is 3. The van der Waals surface area contributed by atoms with Crippen LogP contribution in [0.5, 0.6) is 11.5 Å². The Kier molecular flexibility index (Phi) is 9.40. The molecule has 226 valence electrons. The summed E-state index contributed by atoms with van der Waals surface area (Å²) in [6, 6.07) is 17.7. The Bertz CT molecular complexity index is 1500. The van der Waals surface area contributed by atoms with Crippen molar-refractivity contribution in [2.24, 2.45) is 0 Å². The summed E-state index contributed by atoms with van der Waals surface area (Å²) in [6.07, 6.45) is -0.255. The van der Waals surface area contributed by atoms with Crippen molar-refractivity contribution in [3.05, 3.63) is 106 Å². The minimum Gasteiger partial charge on any atom is -0.493 e. The highest BCUT2D eigenvalue weighted by Gasteiger charge is 2.51. The normalized spacial score (nSPS) is 20.3. The molecule has 0 radical (unpaired) electrons. The lowest BCUT2D eigenvalue weighted by atomic mass is 9.77. The summed E-state index contributed by atoms with van der Waals surface area (Å²) < 4.78 is 25.7. The van der Waals surface area contributed by atoms with Crippen LogP contribution in [-0.2, 0) is 29.0 Å². The molecule has 0 saturated heterocycles. The molecule has 43 heavy (non-hydrogen) atoms. The fraction of sp³-hybridized carbons (Fsp3) is 0.333. The number of hydrogen-bond donors (Lipinski definition) is 4. The zero-order valence-electron chi connectivity index (χ0n) is 23.8. The number of nitrogens with one attached hydrogen (secondary N) is 1. The van der Waals surface area contributed by atoms with Gasteiger partial charge in [0.15, 0.2) is 11.5 Å². The molecule has 0 fully saturated rings. The van der Waals surface area contributed by atoms with Crippen molar-refractivity contribution >= 4 is 11.8 Å². The van der Waals surface area contributed by atoms with E-state index in [1.165, 1.54) is 24.1 Å². The third-order valence-electron chi connectivity index (χ3n) is 7.90. The highest BCUT2D eigenvalue weighted by atomic mass is 19.1. The Balaban J connectivity index is 1.56. The number of hydrogen-bond acceptors (Lipinski definition) is 7.